The van der Waals surface area contributed by atoms with Crippen molar-refractivity contribution in [2.24, 2.45) is 0 Å². The second kappa shape index (κ2) is 6.38. The Bertz CT molecular complexity index is 313. The molecule has 0 saturated carbocycles. The molecule has 1 atom stereocenters. The molecule has 0 fully saturated rings. The van der Waals surface area contributed by atoms with Gasteiger partial charge < -0.3 is 15.0 Å². The first-order valence-electron chi connectivity index (χ1n) is 5.72. The molecule has 0 aliphatic rings. The maximum Gasteiger partial charge on any atom is 0.121 e. The molecule has 0 bridgehead atoms. The summed E-state index contributed by atoms with van der Waals surface area (Å²) in [6, 6.07) is 8.17. The highest BCUT2D eigenvalue weighted by molar-refractivity contribution is 5.49. The van der Waals surface area contributed by atoms with E-state index < -0.39 is 0 Å². The van der Waals surface area contributed by atoms with Crippen LogP contribution in [-0.2, 0) is 0 Å². The molecule has 0 heterocycles. The zero-order valence-corrected chi connectivity index (χ0v) is 10.7. The van der Waals surface area contributed by atoms with Gasteiger partial charge in [0.25, 0.3) is 0 Å². The van der Waals surface area contributed by atoms with Gasteiger partial charge in [-0.25, -0.2) is 0 Å². The number of ether oxygens (including phenoxy) is 1. The molecule has 1 aromatic carbocycles. The Morgan fingerprint density at radius 3 is 2.75 bits per heavy atom. The van der Waals surface area contributed by atoms with Crippen molar-refractivity contribution in [1.82, 2.24) is 5.32 Å². The van der Waals surface area contributed by atoms with E-state index >= 15 is 0 Å². The molecular weight excluding hydrogens is 200 g/mol. The molecule has 1 rings (SSSR count). The Balaban J connectivity index is 2.56. The average Bonchev–Trinajstić information content (AvgIpc) is 2.26. The highest BCUT2D eigenvalue weighted by Crippen LogP contribution is 2.20. The van der Waals surface area contributed by atoms with Gasteiger partial charge in [0.15, 0.2) is 0 Å². The number of hydrogen-bond donors (Lipinski definition) is 1. The quantitative estimate of drug-likeness (QED) is 0.798. The van der Waals surface area contributed by atoms with Gasteiger partial charge >= 0.3 is 0 Å². The fourth-order valence-corrected chi connectivity index (χ4v) is 1.47. The molecule has 1 N–H and O–H groups in total. The normalized spacial score (nSPS) is 12.2. The number of benzene rings is 1. The number of rotatable bonds is 6. The molecule has 1 unspecified atom stereocenters. The Morgan fingerprint density at radius 1 is 1.38 bits per heavy atom. The van der Waals surface area contributed by atoms with Gasteiger partial charge in [0.1, 0.15) is 5.75 Å². The summed E-state index contributed by atoms with van der Waals surface area (Å²) in [4.78, 5) is 2.07. The molecular formula is C13H22N2O. The van der Waals surface area contributed by atoms with Crippen LogP contribution in [0.2, 0.25) is 0 Å². The molecule has 0 saturated heterocycles. The lowest BCUT2D eigenvalue weighted by molar-refractivity contribution is 0.211. The smallest absolute Gasteiger partial charge is 0.121 e. The molecule has 1 aromatic rings. The van der Waals surface area contributed by atoms with Crippen molar-refractivity contribution < 1.29 is 4.74 Å². The SMILES string of the molecule is CNCCC(C)Oc1cccc(N(C)C)c1. The zero-order valence-electron chi connectivity index (χ0n) is 10.7. The Kier molecular flexibility index (Phi) is 5.12. The van der Waals surface area contributed by atoms with E-state index in [4.69, 9.17) is 4.74 Å². The van der Waals surface area contributed by atoms with Crippen LogP contribution in [0.1, 0.15) is 13.3 Å². The maximum atomic E-state index is 5.84. The third-order valence-electron chi connectivity index (χ3n) is 2.47. The summed E-state index contributed by atoms with van der Waals surface area (Å²) in [5.41, 5.74) is 1.17. The van der Waals surface area contributed by atoms with Crippen molar-refractivity contribution in [3.8, 4) is 5.75 Å². The highest BCUT2D eigenvalue weighted by atomic mass is 16.5. The second-order valence-electron chi connectivity index (χ2n) is 4.21. The molecule has 0 aliphatic heterocycles. The van der Waals surface area contributed by atoms with Crippen LogP contribution in [0.25, 0.3) is 0 Å². The monoisotopic (exact) mass is 222 g/mol. The van der Waals surface area contributed by atoms with E-state index in [0.29, 0.717) is 0 Å². The molecule has 3 heteroatoms. The highest BCUT2D eigenvalue weighted by Gasteiger charge is 2.04. The van der Waals surface area contributed by atoms with Crippen molar-refractivity contribution in [3.05, 3.63) is 24.3 Å². The standard InChI is InChI=1S/C13H22N2O/c1-11(8-9-14-2)16-13-7-5-6-12(10-13)15(3)4/h5-7,10-11,14H,8-9H2,1-4H3. The van der Waals surface area contributed by atoms with E-state index in [2.05, 4.69) is 29.3 Å². The zero-order chi connectivity index (χ0) is 12.0. The first-order valence-corrected chi connectivity index (χ1v) is 5.72. The van der Waals surface area contributed by atoms with Gasteiger partial charge in [-0.15, -0.1) is 0 Å². The molecule has 90 valence electrons. The summed E-state index contributed by atoms with van der Waals surface area (Å²) in [6.07, 6.45) is 1.26. The summed E-state index contributed by atoms with van der Waals surface area (Å²) in [6.45, 7) is 3.08. The van der Waals surface area contributed by atoms with Gasteiger partial charge in [-0.1, -0.05) is 6.07 Å². The lowest BCUT2D eigenvalue weighted by atomic mass is 10.2. The predicted molar refractivity (Wildman–Crippen MR) is 69.4 cm³/mol. The van der Waals surface area contributed by atoms with Crippen molar-refractivity contribution in [1.29, 1.82) is 0 Å². The minimum Gasteiger partial charge on any atom is -0.491 e. The first-order chi connectivity index (χ1) is 7.63. The van der Waals surface area contributed by atoms with E-state index in [1.54, 1.807) is 0 Å². The van der Waals surface area contributed by atoms with Crippen molar-refractivity contribution >= 4 is 5.69 Å². The molecule has 0 radical (unpaired) electrons. The van der Waals surface area contributed by atoms with E-state index in [9.17, 15) is 0 Å². The lowest BCUT2D eigenvalue weighted by Crippen LogP contribution is -2.19. The van der Waals surface area contributed by atoms with Gasteiger partial charge in [0, 0.05) is 25.8 Å². The largest absolute Gasteiger partial charge is 0.491 e. The third kappa shape index (κ3) is 4.11. The van der Waals surface area contributed by atoms with E-state index in [0.717, 1.165) is 18.7 Å². The van der Waals surface area contributed by atoms with Crippen molar-refractivity contribution in [2.75, 3.05) is 32.6 Å². The lowest BCUT2D eigenvalue weighted by Gasteiger charge is -2.17. The summed E-state index contributed by atoms with van der Waals surface area (Å²) in [7, 11) is 6.02. The molecule has 0 amide bonds. The number of nitrogens with one attached hydrogen (secondary N) is 1. The van der Waals surface area contributed by atoms with Gasteiger partial charge in [-0.3, -0.25) is 0 Å². The fourth-order valence-electron chi connectivity index (χ4n) is 1.47. The molecule has 16 heavy (non-hydrogen) atoms. The third-order valence-corrected chi connectivity index (χ3v) is 2.47. The Labute approximate surface area is 98.4 Å². The van der Waals surface area contributed by atoms with Gasteiger partial charge in [0.2, 0.25) is 0 Å². The van der Waals surface area contributed by atoms with E-state index in [-0.39, 0.29) is 6.10 Å². The van der Waals surface area contributed by atoms with Crippen LogP contribution in [0.5, 0.6) is 5.75 Å². The van der Waals surface area contributed by atoms with Crippen LogP contribution in [-0.4, -0.2) is 33.8 Å². The van der Waals surface area contributed by atoms with Gasteiger partial charge in [-0.05, 0) is 39.1 Å². The molecule has 3 nitrogen and oxygen atoms in total. The Morgan fingerprint density at radius 2 is 2.12 bits per heavy atom. The minimum absolute atomic E-state index is 0.241. The fraction of sp³-hybridized carbons (Fsp3) is 0.538. The second-order valence-corrected chi connectivity index (χ2v) is 4.21. The summed E-state index contributed by atoms with van der Waals surface area (Å²) >= 11 is 0. The van der Waals surface area contributed by atoms with Gasteiger partial charge in [0.05, 0.1) is 6.10 Å². The summed E-state index contributed by atoms with van der Waals surface area (Å²) < 4.78 is 5.84. The van der Waals surface area contributed by atoms with Gasteiger partial charge in [-0.2, -0.15) is 0 Å². The first kappa shape index (κ1) is 12.8. The molecule has 0 aromatic heterocycles. The number of hydrogen-bond acceptors (Lipinski definition) is 3. The van der Waals surface area contributed by atoms with Crippen LogP contribution >= 0.6 is 0 Å². The van der Waals surface area contributed by atoms with Crippen molar-refractivity contribution in [3.63, 3.8) is 0 Å². The van der Waals surface area contributed by atoms with Crippen LogP contribution in [0.15, 0.2) is 24.3 Å². The predicted octanol–water partition coefficient (Wildman–Crippen LogP) is 2.13. The average molecular weight is 222 g/mol. The van der Waals surface area contributed by atoms with E-state index in [1.165, 1.54) is 5.69 Å². The maximum absolute atomic E-state index is 5.84. The topological polar surface area (TPSA) is 24.5 Å². The minimum atomic E-state index is 0.241. The number of anilines is 1. The van der Waals surface area contributed by atoms with Crippen LogP contribution < -0.4 is 15.0 Å². The summed E-state index contributed by atoms with van der Waals surface area (Å²) in [5, 5.41) is 3.13. The van der Waals surface area contributed by atoms with E-state index in [1.807, 2.05) is 33.3 Å². The Hall–Kier alpha value is -1.22. The van der Waals surface area contributed by atoms with Crippen molar-refractivity contribution in [2.45, 2.75) is 19.4 Å². The van der Waals surface area contributed by atoms with Crippen LogP contribution in [0, 0.1) is 0 Å². The molecule has 0 aliphatic carbocycles. The molecule has 0 spiro atoms. The summed E-state index contributed by atoms with van der Waals surface area (Å²) in [5.74, 6) is 0.940. The van der Waals surface area contributed by atoms with Crippen LogP contribution in [0.4, 0.5) is 5.69 Å². The van der Waals surface area contributed by atoms with Crippen LogP contribution in [0.3, 0.4) is 0 Å². The number of nitrogens with zero attached hydrogens (tertiary/aromatic N) is 1.